The summed E-state index contributed by atoms with van der Waals surface area (Å²) in [4.78, 5) is 18.1. The highest BCUT2D eigenvalue weighted by Crippen LogP contribution is 2.42. The van der Waals surface area contributed by atoms with Crippen molar-refractivity contribution in [3.63, 3.8) is 0 Å². The van der Waals surface area contributed by atoms with Gasteiger partial charge in [0.2, 0.25) is 0 Å². The first-order valence-corrected chi connectivity index (χ1v) is 11.1. The van der Waals surface area contributed by atoms with E-state index >= 15 is 0 Å². The van der Waals surface area contributed by atoms with E-state index in [0.29, 0.717) is 12.1 Å². The van der Waals surface area contributed by atoms with Crippen molar-refractivity contribution in [3.05, 3.63) is 125 Å². The van der Waals surface area contributed by atoms with Crippen molar-refractivity contribution in [3.8, 4) is 5.75 Å². The molecule has 1 aliphatic rings. The molecule has 0 aliphatic carbocycles. The summed E-state index contributed by atoms with van der Waals surface area (Å²) in [6.07, 6.45) is -0.304. The maximum Gasteiger partial charge on any atom is 0.262 e. The van der Waals surface area contributed by atoms with Gasteiger partial charge in [0.25, 0.3) is 5.91 Å². The number of anilines is 2. The number of benzene rings is 4. The third-order valence-electron chi connectivity index (χ3n) is 6.12. The Kier molecular flexibility index (Phi) is 5.57. The van der Waals surface area contributed by atoms with E-state index < -0.39 is 0 Å². The molecule has 0 N–H and O–H groups in total. The van der Waals surface area contributed by atoms with Gasteiger partial charge in [0, 0.05) is 12.2 Å². The molecule has 164 valence electrons. The zero-order chi connectivity index (χ0) is 22.8. The summed E-state index contributed by atoms with van der Waals surface area (Å²) in [6, 6.07) is 34.4. The van der Waals surface area contributed by atoms with E-state index in [2.05, 4.69) is 48.2 Å². The molecule has 4 heteroatoms. The number of methoxy groups -OCH3 is 1. The molecule has 5 rings (SSSR count). The van der Waals surface area contributed by atoms with Crippen LogP contribution in [-0.2, 0) is 6.54 Å². The van der Waals surface area contributed by atoms with Crippen molar-refractivity contribution in [2.75, 3.05) is 16.9 Å². The molecule has 0 fully saturated rings. The fourth-order valence-electron chi connectivity index (χ4n) is 4.44. The summed E-state index contributed by atoms with van der Waals surface area (Å²) in [5.74, 6) is 0.789. The van der Waals surface area contributed by atoms with Crippen LogP contribution in [0.3, 0.4) is 0 Å². The third-order valence-corrected chi connectivity index (χ3v) is 6.12. The first-order valence-electron chi connectivity index (χ1n) is 11.1. The molecule has 0 saturated heterocycles. The lowest BCUT2D eigenvalue weighted by atomic mass is 9.99. The Morgan fingerprint density at radius 1 is 0.788 bits per heavy atom. The maximum absolute atomic E-state index is 13.9. The molecule has 0 saturated carbocycles. The predicted octanol–water partition coefficient (Wildman–Crippen LogP) is 6.37. The van der Waals surface area contributed by atoms with E-state index in [1.807, 2.05) is 71.6 Å². The number of amides is 1. The van der Waals surface area contributed by atoms with Crippen molar-refractivity contribution in [1.82, 2.24) is 0 Å². The number of hydrogen-bond donors (Lipinski definition) is 0. The Bertz CT molecular complexity index is 1250. The fraction of sp³-hybridized carbons (Fsp3) is 0.138. The van der Waals surface area contributed by atoms with E-state index in [0.717, 1.165) is 28.3 Å². The molecule has 1 aliphatic heterocycles. The Morgan fingerprint density at radius 2 is 1.45 bits per heavy atom. The average Bonchev–Trinajstić information content (AvgIpc) is 2.87. The molecule has 0 bridgehead atoms. The Hall–Kier alpha value is -4.05. The SMILES string of the molecule is COc1ccc([C@@H]2N(Cc3ccccc3)c3ccccc3C(=O)N2c2ccc(C)cc2)cc1. The second-order valence-corrected chi connectivity index (χ2v) is 8.29. The maximum atomic E-state index is 13.9. The lowest BCUT2D eigenvalue weighted by Gasteiger charge is -2.46. The number of aryl methyl sites for hydroxylation is 1. The van der Waals surface area contributed by atoms with Crippen LogP contribution in [0.25, 0.3) is 0 Å². The van der Waals surface area contributed by atoms with Gasteiger partial charge >= 0.3 is 0 Å². The summed E-state index contributed by atoms with van der Waals surface area (Å²) in [7, 11) is 1.66. The van der Waals surface area contributed by atoms with E-state index in [9.17, 15) is 4.79 Å². The summed E-state index contributed by atoms with van der Waals surface area (Å²) >= 11 is 0. The van der Waals surface area contributed by atoms with Crippen LogP contribution < -0.4 is 14.5 Å². The first-order chi connectivity index (χ1) is 16.2. The van der Waals surface area contributed by atoms with Gasteiger partial charge < -0.3 is 9.64 Å². The number of fused-ring (bicyclic) bond motifs is 1. The monoisotopic (exact) mass is 434 g/mol. The van der Waals surface area contributed by atoms with Crippen LogP contribution in [0.1, 0.15) is 33.2 Å². The van der Waals surface area contributed by atoms with Gasteiger partial charge in [-0.15, -0.1) is 0 Å². The summed E-state index contributed by atoms with van der Waals surface area (Å²) in [5.41, 5.74) is 5.89. The number of carbonyl (C=O) groups is 1. The van der Waals surface area contributed by atoms with E-state index in [1.54, 1.807) is 7.11 Å². The molecule has 0 spiro atoms. The largest absolute Gasteiger partial charge is 0.497 e. The lowest BCUT2D eigenvalue weighted by Crippen LogP contribution is -2.49. The highest BCUT2D eigenvalue weighted by Gasteiger charge is 2.39. The highest BCUT2D eigenvalue weighted by molar-refractivity contribution is 6.12. The smallest absolute Gasteiger partial charge is 0.262 e. The minimum absolute atomic E-state index is 0.000386. The third kappa shape index (κ3) is 3.96. The number of ether oxygens (including phenoxy) is 1. The number of hydrogen-bond acceptors (Lipinski definition) is 3. The molecule has 0 unspecified atom stereocenters. The predicted molar refractivity (Wildman–Crippen MR) is 133 cm³/mol. The van der Waals surface area contributed by atoms with Gasteiger partial charge in [-0.25, -0.2) is 0 Å². The quantitative estimate of drug-likeness (QED) is 0.366. The Morgan fingerprint density at radius 3 is 2.15 bits per heavy atom. The second kappa shape index (κ2) is 8.83. The van der Waals surface area contributed by atoms with Crippen molar-refractivity contribution < 1.29 is 9.53 Å². The zero-order valence-corrected chi connectivity index (χ0v) is 18.8. The van der Waals surface area contributed by atoms with Gasteiger partial charge in [-0.3, -0.25) is 9.69 Å². The van der Waals surface area contributed by atoms with E-state index in [-0.39, 0.29) is 12.1 Å². The number of para-hydroxylation sites is 1. The fourth-order valence-corrected chi connectivity index (χ4v) is 4.44. The highest BCUT2D eigenvalue weighted by atomic mass is 16.5. The van der Waals surface area contributed by atoms with Crippen LogP contribution in [0.5, 0.6) is 5.75 Å². The molecule has 0 radical (unpaired) electrons. The number of nitrogens with zero attached hydrogens (tertiary/aromatic N) is 2. The van der Waals surface area contributed by atoms with Crippen LogP contribution in [0.4, 0.5) is 11.4 Å². The number of carbonyl (C=O) groups excluding carboxylic acids is 1. The minimum atomic E-state index is -0.304. The summed E-state index contributed by atoms with van der Waals surface area (Å²) < 4.78 is 5.39. The van der Waals surface area contributed by atoms with Crippen LogP contribution in [0, 0.1) is 6.92 Å². The van der Waals surface area contributed by atoms with E-state index in [4.69, 9.17) is 4.74 Å². The number of rotatable bonds is 5. The average molecular weight is 435 g/mol. The molecule has 33 heavy (non-hydrogen) atoms. The van der Waals surface area contributed by atoms with Gasteiger partial charge in [-0.05, 0) is 54.4 Å². The van der Waals surface area contributed by atoms with Crippen LogP contribution >= 0.6 is 0 Å². The Balaban J connectivity index is 1.71. The molecule has 1 amide bonds. The van der Waals surface area contributed by atoms with E-state index in [1.165, 1.54) is 5.56 Å². The second-order valence-electron chi connectivity index (χ2n) is 8.29. The molecular weight excluding hydrogens is 408 g/mol. The molecule has 4 nitrogen and oxygen atoms in total. The van der Waals surface area contributed by atoms with Gasteiger partial charge in [-0.2, -0.15) is 0 Å². The standard InChI is InChI=1S/C29H26N2O2/c1-21-12-16-24(17-13-21)31-28(23-14-18-25(33-2)19-15-23)30(20-22-8-4-3-5-9-22)27-11-7-6-10-26(27)29(31)32/h3-19,28H,20H2,1-2H3/t28-/m1/s1. The van der Waals surface area contributed by atoms with Gasteiger partial charge in [0.1, 0.15) is 11.9 Å². The van der Waals surface area contributed by atoms with Crippen molar-refractivity contribution in [1.29, 1.82) is 0 Å². The first kappa shape index (κ1) is 20.8. The van der Waals surface area contributed by atoms with Crippen molar-refractivity contribution in [2.24, 2.45) is 0 Å². The minimum Gasteiger partial charge on any atom is -0.497 e. The van der Waals surface area contributed by atoms with Gasteiger partial charge in [-0.1, -0.05) is 72.3 Å². The van der Waals surface area contributed by atoms with Crippen LogP contribution in [0.15, 0.2) is 103 Å². The zero-order valence-electron chi connectivity index (χ0n) is 18.8. The molecular formula is C29H26N2O2. The van der Waals surface area contributed by atoms with Crippen LogP contribution in [-0.4, -0.2) is 13.0 Å². The molecule has 4 aromatic carbocycles. The topological polar surface area (TPSA) is 32.8 Å². The van der Waals surface area contributed by atoms with Gasteiger partial charge in [0.05, 0.1) is 18.4 Å². The molecule has 1 atom stereocenters. The van der Waals surface area contributed by atoms with Crippen molar-refractivity contribution in [2.45, 2.75) is 19.6 Å². The Labute approximate surface area is 194 Å². The molecule has 4 aromatic rings. The summed E-state index contributed by atoms with van der Waals surface area (Å²) in [6.45, 7) is 2.73. The lowest BCUT2D eigenvalue weighted by molar-refractivity contribution is 0.0968. The van der Waals surface area contributed by atoms with Crippen molar-refractivity contribution >= 4 is 17.3 Å². The van der Waals surface area contributed by atoms with Gasteiger partial charge in [0.15, 0.2) is 0 Å². The summed E-state index contributed by atoms with van der Waals surface area (Å²) in [5, 5.41) is 0. The van der Waals surface area contributed by atoms with Crippen LogP contribution in [0.2, 0.25) is 0 Å². The normalized spacial score (nSPS) is 15.3. The molecule has 0 aromatic heterocycles. The molecule has 1 heterocycles.